The maximum absolute atomic E-state index is 11.8. The molecule has 2 atom stereocenters. The van der Waals surface area contributed by atoms with Crippen LogP contribution < -0.4 is 0 Å². The Balaban J connectivity index is 3.02. The molecule has 1 rings (SSSR count). The van der Waals surface area contributed by atoms with Gasteiger partial charge in [0.15, 0.2) is 0 Å². The quantitative estimate of drug-likeness (QED) is 0.355. The molecule has 0 saturated heterocycles. The molecule has 1 aromatic carbocycles. The number of aliphatic hydroxyl groups is 1. The van der Waals surface area contributed by atoms with Crippen LogP contribution in [0.25, 0.3) is 6.08 Å². The number of carbonyl (C=O) groups excluding carboxylic acids is 2. The first-order valence-electron chi connectivity index (χ1n) is 7.03. The fraction of sp³-hybridized carbons (Fsp3) is 0.250. The second-order valence-corrected chi connectivity index (χ2v) is 5.07. The summed E-state index contributed by atoms with van der Waals surface area (Å²) >= 11 is 0. The second kappa shape index (κ2) is 8.62. The van der Waals surface area contributed by atoms with Crippen LogP contribution in [0.1, 0.15) is 12.0 Å². The minimum atomic E-state index is -3.12. The Hall–Kier alpha value is -3.40. The number of hydrogen-bond acceptors (Lipinski definition) is 8. The van der Waals surface area contributed by atoms with E-state index in [0.29, 0.717) is 5.56 Å². The van der Waals surface area contributed by atoms with Crippen molar-refractivity contribution in [2.45, 2.75) is 18.1 Å². The average molecular weight is 368 g/mol. The Morgan fingerprint density at radius 1 is 1.15 bits per heavy atom. The Bertz CT molecular complexity index is 721. The molecular weight excluding hydrogens is 352 g/mol. The van der Waals surface area contributed by atoms with E-state index in [1.54, 1.807) is 0 Å². The van der Waals surface area contributed by atoms with E-state index >= 15 is 0 Å². The molecule has 0 amide bonds. The zero-order valence-corrected chi connectivity index (χ0v) is 13.5. The summed E-state index contributed by atoms with van der Waals surface area (Å²) in [5, 5.41) is 37.3. The van der Waals surface area contributed by atoms with Crippen molar-refractivity contribution >= 4 is 30.0 Å². The normalized spacial score (nSPS) is 14.2. The zero-order valence-electron chi connectivity index (χ0n) is 13.5. The Morgan fingerprint density at radius 3 is 2.19 bits per heavy atom. The highest BCUT2D eigenvalue weighted by atomic mass is 16.6. The van der Waals surface area contributed by atoms with Gasteiger partial charge in [0.05, 0.1) is 13.5 Å². The smallest absolute Gasteiger partial charge is 0.348 e. The molecule has 0 aliphatic heterocycles. The van der Waals surface area contributed by atoms with E-state index in [1.165, 1.54) is 30.3 Å². The number of phenols is 1. The van der Waals surface area contributed by atoms with Gasteiger partial charge in [-0.2, -0.15) is 0 Å². The molecule has 0 aliphatic carbocycles. The Labute approximate surface area is 146 Å². The molecule has 0 aromatic heterocycles. The lowest BCUT2D eigenvalue weighted by molar-refractivity contribution is -0.197. The van der Waals surface area contributed by atoms with Crippen molar-refractivity contribution in [3.05, 3.63) is 35.9 Å². The van der Waals surface area contributed by atoms with E-state index in [2.05, 4.69) is 9.47 Å². The molecule has 26 heavy (non-hydrogen) atoms. The first-order chi connectivity index (χ1) is 12.1. The topological polar surface area (TPSA) is 168 Å². The van der Waals surface area contributed by atoms with Gasteiger partial charge in [0, 0.05) is 6.08 Å². The van der Waals surface area contributed by atoms with Gasteiger partial charge >= 0.3 is 23.9 Å². The molecule has 0 radical (unpaired) electrons. The fourth-order valence-corrected chi connectivity index (χ4v) is 1.94. The summed E-state index contributed by atoms with van der Waals surface area (Å²) in [7, 11) is 0.806. The molecule has 0 saturated carbocycles. The minimum absolute atomic E-state index is 0.00696. The third-order valence-electron chi connectivity index (χ3n) is 3.16. The molecule has 0 aliphatic rings. The van der Waals surface area contributed by atoms with E-state index in [1.807, 2.05) is 0 Å². The van der Waals surface area contributed by atoms with E-state index in [0.717, 1.165) is 13.2 Å². The van der Waals surface area contributed by atoms with Crippen LogP contribution in [0.3, 0.4) is 0 Å². The van der Waals surface area contributed by atoms with Gasteiger partial charge in [-0.05, 0) is 23.8 Å². The molecule has 0 heterocycles. The molecule has 4 N–H and O–H groups in total. The molecular formula is C16H16O10. The highest BCUT2D eigenvalue weighted by molar-refractivity contribution is 5.95. The van der Waals surface area contributed by atoms with Crippen molar-refractivity contribution in [1.29, 1.82) is 0 Å². The number of hydrogen-bond donors (Lipinski definition) is 4. The number of aromatic hydroxyl groups is 1. The monoisotopic (exact) mass is 368 g/mol. The SMILES string of the molecule is COC(=O)[C@](O)(CC(=O)O)[C@@H](OC(=O)/C=C/c1ccc(O)cc1)C(=O)O. The van der Waals surface area contributed by atoms with Gasteiger partial charge < -0.3 is 29.9 Å². The summed E-state index contributed by atoms with van der Waals surface area (Å²) in [6.45, 7) is 0. The first kappa shape index (κ1) is 20.6. The summed E-state index contributed by atoms with van der Waals surface area (Å²) in [5.41, 5.74) is -2.66. The zero-order chi connectivity index (χ0) is 19.9. The highest BCUT2D eigenvalue weighted by Gasteiger charge is 2.53. The molecule has 0 unspecified atom stereocenters. The second-order valence-electron chi connectivity index (χ2n) is 5.07. The predicted molar refractivity (Wildman–Crippen MR) is 83.9 cm³/mol. The van der Waals surface area contributed by atoms with Gasteiger partial charge in [0.25, 0.3) is 0 Å². The largest absolute Gasteiger partial charge is 0.508 e. The number of esters is 2. The van der Waals surface area contributed by atoms with E-state index in [4.69, 9.17) is 15.3 Å². The van der Waals surface area contributed by atoms with Crippen LogP contribution in [-0.2, 0) is 28.7 Å². The number of carbonyl (C=O) groups is 4. The summed E-state index contributed by atoms with van der Waals surface area (Å²) in [4.78, 5) is 45.6. The molecule has 0 bridgehead atoms. The van der Waals surface area contributed by atoms with Crippen molar-refractivity contribution in [1.82, 2.24) is 0 Å². The van der Waals surface area contributed by atoms with Crippen molar-refractivity contribution in [3.8, 4) is 5.75 Å². The van der Waals surface area contributed by atoms with Crippen molar-refractivity contribution in [2.24, 2.45) is 0 Å². The van der Waals surface area contributed by atoms with Gasteiger partial charge in [-0.15, -0.1) is 0 Å². The van der Waals surface area contributed by atoms with E-state index in [-0.39, 0.29) is 5.75 Å². The van der Waals surface area contributed by atoms with Crippen molar-refractivity contribution < 1.29 is 49.1 Å². The van der Waals surface area contributed by atoms with Crippen LogP contribution in [0.15, 0.2) is 30.3 Å². The number of aliphatic carboxylic acids is 2. The third-order valence-corrected chi connectivity index (χ3v) is 3.16. The fourth-order valence-electron chi connectivity index (χ4n) is 1.94. The molecule has 0 fully saturated rings. The Morgan fingerprint density at radius 2 is 1.73 bits per heavy atom. The summed E-state index contributed by atoms with van der Waals surface area (Å²) in [6.07, 6.45) is -1.84. The molecule has 10 nitrogen and oxygen atoms in total. The van der Waals surface area contributed by atoms with Crippen LogP contribution in [0.5, 0.6) is 5.75 Å². The average Bonchev–Trinajstić information content (AvgIpc) is 2.57. The number of benzene rings is 1. The molecule has 0 spiro atoms. The lowest BCUT2D eigenvalue weighted by atomic mass is 9.92. The first-order valence-corrected chi connectivity index (χ1v) is 7.03. The van der Waals surface area contributed by atoms with Crippen molar-refractivity contribution in [3.63, 3.8) is 0 Å². The number of rotatable bonds is 8. The number of ether oxygens (including phenoxy) is 2. The summed E-state index contributed by atoms with van der Waals surface area (Å²) < 4.78 is 8.78. The van der Waals surface area contributed by atoms with Gasteiger partial charge in [-0.3, -0.25) is 4.79 Å². The summed E-state index contributed by atoms with van der Waals surface area (Å²) in [5.74, 6) is -6.49. The third kappa shape index (κ3) is 5.31. The standard InChI is InChI=1S/C16H16O10/c1-25-15(23)16(24,8-11(18)19)13(14(21)22)26-12(20)7-4-9-2-5-10(17)6-3-9/h2-7,13,17,24H,8H2,1H3,(H,18,19)(H,21,22)/b7-4+/t13-,16-/m0/s1. The van der Waals surface area contributed by atoms with Crippen LogP contribution in [0, 0.1) is 0 Å². The number of carboxylic acid groups (broad SMARTS) is 2. The van der Waals surface area contributed by atoms with Crippen molar-refractivity contribution in [2.75, 3.05) is 7.11 Å². The minimum Gasteiger partial charge on any atom is -0.508 e. The highest BCUT2D eigenvalue weighted by Crippen LogP contribution is 2.22. The predicted octanol–water partition coefficient (Wildman–Crippen LogP) is -0.219. The number of phenolic OH excluding ortho intramolecular Hbond substituents is 1. The summed E-state index contributed by atoms with van der Waals surface area (Å²) in [6, 6.07) is 5.58. The van der Waals surface area contributed by atoms with Gasteiger partial charge in [0.2, 0.25) is 11.7 Å². The number of methoxy groups -OCH3 is 1. The van der Waals surface area contributed by atoms with Crippen LogP contribution in [-0.4, -0.2) is 63.1 Å². The Kier molecular flexibility index (Phi) is 6.85. The number of carboxylic acids is 2. The van der Waals surface area contributed by atoms with E-state index < -0.39 is 42.0 Å². The molecule has 1 aromatic rings. The maximum atomic E-state index is 11.8. The maximum Gasteiger partial charge on any atom is 0.348 e. The van der Waals surface area contributed by atoms with Crippen LogP contribution >= 0.6 is 0 Å². The van der Waals surface area contributed by atoms with Gasteiger partial charge in [-0.1, -0.05) is 12.1 Å². The molecule has 140 valence electrons. The van der Waals surface area contributed by atoms with Gasteiger partial charge in [-0.25, -0.2) is 14.4 Å². The van der Waals surface area contributed by atoms with Crippen LogP contribution in [0.2, 0.25) is 0 Å². The lowest BCUT2D eigenvalue weighted by Gasteiger charge is -2.28. The molecule has 10 heteroatoms. The van der Waals surface area contributed by atoms with E-state index in [9.17, 15) is 24.3 Å². The lowest BCUT2D eigenvalue weighted by Crippen LogP contribution is -2.56. The van der Waals surface area contributed by atoms with Crippen LogP contribution in [0.4, 0.5) is 0 Å². The van der Waals surface area contributed by atoms with Gasteiger partial charge in [0.1, 0.15) is 5.75 Å².